The molecule has 0 aliphatic rings. The first-order valence-electron chi connectivity index (χ1n) is 3.48. The highest BCUT2D eigenvalue weighted by Crippen LogP contribution is 2.09. The summed E-state index contributed by atoms with van der Waals surface area (Å²) in [7, 11) is 15.4. The molecule has 0 amide bonds. The highest BCUT2D eigenvalue weighted by molar-refractivity contribution is 6.55. The van der Waals surface area contributed by atoms with Gasteiger partial charge in [0.2, 0.25) is 0 Å². The van der Waals surface area contributed by atoms with Gasteiger partial charge in [-0.2, -0.15) is 5.37 Å². The number of hydrogen-bond donors (Lipinski definition) is 0. The average Bonchev–Trinajstić information content (AvgIpc) is 1.82. The van der Waals surface area contributed by atoms with Crippen LogP contribution in [0.15, 0.2) is 10.8 Å². The molecule has 0 rings (SSSR count). The van der Waals surface area contributed by atoms with E-state index < -0.39 is 11.6 Å². The summed E-state index contributed by atoms with van der Waals surface area (Å²) in [4.78, 5) is 11.0. The molecule has 58 valence electrons. The first-order valence-corrected chi connectivity index (χ1v) is 3.48. The number of ether oxygens (including phenoxy) is 1. The molecular formula is C7H9B3O2. The number of carbonyl (C=O) groups is 1. The maximum Gasteiger partial charge on any atom is 0.322 e. The predicted molar refractivity (Wildman–Crippen MR) is 50.1 cm³/mol. The van der Waals surface area contributed by atoms with Crippen molar-refractivity contribution in [3.8, 4) is 0 Å². The molecule has 0 saturated carbocycles. The lowest BCUT2D eigenvalue weighted by Crippen LogP contribution is -2.25. The normalized spacial score (nSPS) is 10.6. The van der Waals surface area contributed by atoms with Gasteiger partial charge in [0.15, 0.2) is 0 Å². The minimum atomic E-state index is -0.692. The summed E-state index contributed by atoms with van der Waals surface area (Å²) in [5.74, 6) is -0.692. The highest BCUT2D eigenvalue weighted by atomic mass is 16.6. The molecular weight excluding hydrogens is 149 g/mol. The van der Waals surface area contributed by atoms with Crippen LogP contribution in [-0.4, -0.2) is 35.1 Å². The van der Waals surface area contributed by atoms with Crippen LogP contribution in [0.5, 0.6) is 0 Å². The number of esters is 1. The topological polar surface area (TPSA) is 26.3 Å². The molecule has 0 heterocycles. The zero-order valence-corrected chi connectivity index (χ0v) is 7.55. The van der Waals surface area contributed by atoms with Crippen molar-refractivity contribution in [2.75, 3.05) is 0 Å². The van der Waals surface area contributed by atoms with Crippen LogP contribution in [0, 0.1) is 0 Å². The summed E-state index contributed by atoms with van der Waals surface area (Å²) < 4.78 is 4.88. The molecule has 0 aromatic rings. The molecule has 6 radical (unpaired) electrons. The van der Waals surface area contributed by atoms with E-state index in [9.17, 15) is 4.79 Å². The van der Waals surface area contributed by atoms with Gasteiger partial charge in [0.1, 0.15) is 13.4 Å². The highest BCUT2D eigenvalue weighted by Gasteiger charge is 2.16. The van der Waals surface area contributed by atoms with E-state index in [1.54, 1.807) is 20.8 Å². The molecule has 0 bridgehead atoms. The Balaban J connectivity index is 4.36. The van der Waals surface area contributed by atoms with Crippen LogP contribution in [0.3, 0.4) is 0 Å². The van der Waals surface area contributed by atoms with Crippen LogP contribution in [0.2, 0.25) is 0 Å². The van der Waals surface area contributed by atoms with E-state index in [2.05, 4.69) is 0 Å². The first kappa shape index (κ1) is 11.4. The molecule has 0 spiro atoms. The zero-order valence-electron chi connectivity index (χ0n) is 7.55. The minimum Gasteiger partial charge on any atom is -0.457 e. The standard InChI is InChI=1S/C7H9B3O2/c1-7(2,3)12-6(11)4(8)5(9)10/h1-3H3. The Morgan fingerprint density at radius 3 is 1.83 bits per heavy atom. The Hall–Kier alpha value is -0.595. The molecule has 0 aromatic carbocycles. The number of hydrogen-bond acceptors (Lipinski definition) is 2. The van der Waals surface area contributed by atoms with Crippen LogP contribution in [0.25, 0.3) is 0 Å². The molecule has 0 atom stereocenters. The van der Waals surface area contributed by atoms with E-state index in [1.165, 1.54) is 0 Å². The zero-order chi connectivity index (χ0) is 9.94. The van der Waals surface area contributed by atoms with E-state index in [-0.39, 0.29) is 10.8 Å². The van der Waals surface area contributed by atoms with Gasteiger partial charge in [-0.3, -0.25) is 0 Å². The van der Waals surface area contributed by atoms with Crippen molar-refractivity contribution in [1.29, 1.82) is 0 Å². The second-order valence-corrected chi connectivity index (χ2v) is 3.37. The van der Waals surface area contributed by atoms with Crippen molar-refractivity contribution < 1.29 is 9.53 Å². The van der Waals surface area contributed by atoms with Crippen molar-refractivity contribution in [3.05, 3.63) is 10.8 Å². The fourth-order valence-electron chi connectivity index (χ4n) is 0.451. The summed E-state index contributed by atoms with van der Waals surface area (Å²) in [6, 6.07) is 0. The van der Waals surface area contributed by atoms with E-state index in [1.807, 2.05) is 0 Å². The summed E-state index contributed by atoms with van der Waals surface area (Å²) in [6.45, 7) is 5.18. The Labute approximate surface area is 77.0 Å². The van der Waals surface area contributed by atoms with Gasteiger partial charge >= 0.3 is 5.97 Å². The maximum absolute atomic E-state index is 11.0. The molecule has 0 aromatic heterocycles. The second-order valence-electron chi connectivity index (χ2n) is 3.37. The van der Waals surface area contributed by atoms with Crippen LogP contribution in [0.1, 0.15) is 20.8 Å². The van der Waals surface area contributed by atoms with Gasteiger partial charge in [0.05, 0.1) is 15.7 Å². The van der Waals surface area contributed by atoms with Crippen LogP contribution < -0.4 is 0 Å². The van der Waals surface area contributed by atoms with Gasteiger partial charge < -0.3 is 4.74 Å². The molecule has 0 N–H and O–H groups in total. The summed E-state index contributed by atoms with van der Waals surface area (Å²) >= 11 is 0. The van der Waals surface area contributed by atoms with Gasteiger partial charge in [-0.1, -0.05) is 0 Å². The lowest BCUT2D eigenvalue weighted by Gasteiger charge is -2.20. The molecule has 12 heavy (non-hydrogen) atoms. The molecule has 0 aliphatic heterocycles. The third-order valence-corrected chi connectivity index (χ3v) is 0.930. The lowest BCUT2D eigenvalue weighted by atomic mass is 9.69. The van der Waals surface area contributed by atoms with Gasteiger partial charge in [-0.05, 0) is 26.2 Å². The molecule has 0 aliphatic carbocycles. The Kier molecular flexibility index (Phi) is 3.69. The summed E-state index contributed by atoms with van der Waals surface area (Å²) in [6.07, 6.45) is 0. The van der Waals surface area contributed by atoms with Crippen LogP contribution in [-0.2, 0) is 9.53 Å². The van der Waals surface area contributed by atoms with Gasteiger partial charge in [0, 0.05) is 0 Å². The first-order chi connectivity index (χ1) is 5.24. The van der Waals surface area contributed by atoms with Crippen LogP contribution in [0.4, 0.5) is 0 Å². The third kappa shape index (κ3) is 4.32. The van der Waals surface area contributed by atoms with Crippen molar-refractivity contribution in [3.63, 3.8) is 0 Å². The Bertz CT molecular complexity index is 211. The van der Waals surface area contributed by atoms with Gasteiger partial charge in [-0.15, -0.1) is 0 Å². The van der Waals surface area contributed by atoms with Gasteiger partial charge in [0.25, 0.3) is 0 Å². The summed E-state index contributed by atoms with van der Waals surface area (Å²) in [5.41, 5.74) is -0.832. The predicted octanol–water partition coefficient (Wildman–Crippen LogP) is 0.00270. The van der Waals surface area contributed by atoms with Gasteiger partial charge in [-0.25, -0.2) is 4.79 Å². The second kappa shape index (κ2) is 3.88. The van der Waals surface area contributed by atoms with E-state index in [0.29, 0.717) is 0 Å². The Morgan fingerprint density at radius 1 is 1.17 bits per heavy atom. The Morgan fingerprint density at radius 2 is 1.58 bits per heavy atom. The quantitative estimate of drug-likeness (QED) is 0.304. The molecule has 0 unspecified atom stereocenters. The summed E-state index contributed by atoms with van der Waals surface area (Å²) in [5, 5.41) is -0.218. The SMILES string of the molecule is [B]C([B])=C([B])C(=O)OC(C)(C)C. The van der Waals surface area contributed by atoms with E-state index >= 15 is 0 Å². The van der Waals surface area contributed by atoms with Crippen molar-refractivity contribution in [2.24, 2.45) is 0 Å². The van der Waals surface area contributed by atoms with Crippen molar-refractivity contribution in [1.82, 2.24) is 0 Å². The van der Waals surface area contributed by atoms with Crippen molar-refractivity contribution in [2.45, 2.75) is 26.4 Å². The average molecular weight is 158 g/mol. The van der Waals surface area contributed by atoms with E-state index in [0.717, 1.165) is 0 Å². The fourth-order valence-corrected chi connectivity index (χ4v) is 0.451. The molecule has 0 saturated heterocycles. The largest absolute Gasteiger partial charge is 0.457 e. The molecule has 0 fully saturated rings. The molecule has 5 heteroatoms. The molecule has 2 nitrogen and oxygen atoms in total. The number of rotatable bonds is 1. The minimum absolute atomic E-state index is 0.218. The monoisotopic (exact) mass is 158 g/mol. The van der Waals surface area contributed by atoms with Crippen molar-refractivity contribution >= 4 is 29.5 Å². The maximum atomic E-state index is 11.0. The number of carbonyl (C=O) groups excluding carboxylic acids is 1. The van der Waals surface area contributed by atoms with E-state index in [4.69, 9.17) is 28.3 Å². The third-order valence-electron chi connectivity index (χ3n) is 0.930. The fraction of sp³-hybridized carbons (Fsp3) is 0.571. The van der Waals surface area contributed by atoms with Crippen LogP contribution >= 0.6 is 0 Å². The smallest absolute Gasteiger partial charge is 0.322 e. The lowest BCUT2D eigenvalue weighted by molar-refractivity contribution is -0.149.